The third-order valence-electron chi connectivity index (χ3n) is 3.54. The van der Waals surface area contributed by atoms with E-state index in [9.17, 15) is 0 Å². The van der Waals surface area contributed by atoms with Crippen LogP contribution in [-0.2, 0) is 5.41 Å². The zero-order valence-electron chi connectivity index (χ0n) is 9.50. The first-order valence-corrected chi connectivity index (χ1v) is 8.68. The molecule has 1 aliphatic carbocycles. The summed E-state index contributed by atoms with van der Waals surface area (Å²) in [6.07, 6.45) is 2.47. The zero-order valence-corrected chi connectivity index (χ0v) is 14.2. The van der Waals surface area contributed by atoms with Crippen molar-refractivity contribution >= 4 is 54.8 Å². The summed E-state index contributed by atoms with van der Waals surface area (Å²) in [7, 11) is 0. The summed E-state index contributed by atoms with van der Waals surface area (Å²) in [5, 5.41) is 0.809. The maximum absolute atomic E-state index is 6.13. The molecule has 18 heavy (non-hydrogen) atoms. The van der Waals surface area contributed by atoms with E-state index in [2.05, 4.69) is 68.3 Å². The van der Waals surface area contributed by atoms with Gasteiger partial charge >= 0.3 is 0 Å². The largest absolute Gasteiger partial charge is 0.130 e. The topological polar surface area (TPSA) is 0 Å². The molecule has 4 heteroatoms. The van der Waals surface area contributed by atoms with E-state index in [0.717, 1.165) is 8.81 Å². The van der Waals surface area contributed by atoms with Crippen LogP contribution in [0.5, 0.6) is 0 Å². The lowest BCUT2D eigenvalue weighted by Gasteiger charge is -2.21. The second-order valence-electron chi connectivity index (χ2n) is 4.66. The monoisotopic (exact) mass is 404 g/mol. The molecule has 0 nitrogen and oxygen atoms in total. The molecule has 2 aromatic rings. The predicted molar refractivity (Wildman–Crippen MR) is 86.1 cm³/mol. The highest BCUT2D eigenvalue weighted by molar-refractivity contribution is 9.11. The van der Waals surface area contributed by atoms with E-state index in [0.29, 0.717) is 4.83 Å². The predicted octanol–water partition coefficient (Wildman–Crippen LogP) is 6.33. The van der Waals surface area contributed by atoms with Crippen molar-refractivity contribution in [3.8, 4) is 0 Å². The molecule has 0 radical (unpaired) electrons. The normalized spacial score (nSPS) is 18.6. The molecule has 1 fully saturated rings. The smallest absolute Gasteiger partial charge is 0.0887 e. The minimum Gasteiger partial charge on any atom is -0.130 e. The van der Waals surface area contributed by atoms with Crippen LogP contribution in [-0.4, -0.2) is 0 Å². The minimum absolute atomic E-state index is 0.259. The SMILES string of the molecule is Clc1cc(C(Br)C2(c3ccccc3)CC2)sc1Br. The first kappa shape index (κ1) is 13.2. The standard InChI is InChI=1S/C14H11Br2ClS/c15-12(11-8-10(17)13(16)18-11)14(6-7-14)9-4-2-1-3-5-9/h1-5,8,12H,6-7H2. The van der Waals surface area contributed by atoms with Gasteiger partial charge in [-0.2, -0.15) is 0 Å². The van der Waals surface area contributed by atoms with Crippen LogP contribution in [0.15, 0.2) is 40.2 Å². The van der Waals surface area contributed by atoms with Gasteiger partial charge in [-0.3, -0.25) is 0 Å². The Morgan fingerprint density at radius 2 is 1.89 bits per heavy atom. The Kier molecular flexibility index (Phi) is 3.61. The molecule has 0 bridgehead atoms. The van der Waals surface area contributed by atoms with Gasteiger partial charge in [-0.1, -0.05) is 57.9 Å². The molecule has 1 saturated carbocycles. The van der Waals surface area contributed by atoms with Crippen molar-refractivity contribution < 1.29 is 0 Å². The van der Waals surface area contributed by atoms with Crippen molar-refractivity contribution in [2.45, 2.75) is 23.1 Å². The molecule has 1 atom stereocenters. The van der Waals surface area contributed by atoms with Gasteiger partial charge in [0.05, 0.1) is 13.6 Å². The van der Waals surface area contributed by atoms with Gasteiger partial charge in [-0.05, 0) is 40.4 Å². The quantitative estimate of drug-likeness (QED) is 0.522. The van der Waals surface area contributed by atoms with Crippen molar-refractivity contribution in [2.75, 3.05) is 0 Å². The first-order chi connectivity index (χ1) is 8.63. The van der Waals surface area contributed by atoms with Crippen molar-refractivity contribution in [3.63, 3.8) is 0 Å². The zero-order chi connectivity index (χ0) is 12.8. The fourth-order valence-electron chi connectivity index (χ4n) is 2.35. The second-order valence-corrected chi connectivity index (χ2v) is 8.38. The van der Waals surface area contributed by atoms with E-state index in [4.69, 9.17) is 11.6 Å². The lowest BCUT2D eigenvalue weighted by molar-refractivity contribution is 0.689. The molecular formula is C14H11Br2ClS. The van der Waals surface area contributed by atoms with Crippen LogP contribution in [0.4, 0.5) is 0 Å². The number of hydrogen-bond donors (Lipinski definition) is 0. The third-order valence-corrected chi connectivity index (χ3v) is 7.75. The molecular weight excluding hydrogens is 395 g/mol. The summed E-state index contributed by atoms with van der Waals surface area (Å²) < 4.78 is 1.02. The number of alkyl halides is 1. The Morgan fingerprint density at radius 3 is 2.39 bits per heavy atom. The van der Waals surface area contributed by atoms with E-state index in [1.807, 2.05) is 0 Å². The maximum atomic E-state index is 6.13. The number of thiophene rings is 1. The van der Waals surface area contributed by atoms with Crippen LogP contribution < -0.4 is 0 Å². The molecule has 0 spiro atoms. The van der Waals surface area contributed by atoms with Crippen LogP contribution >= 0.6 is 54.8 Å². The van der Waals surface area contributed by atoms with Gasteiger partial charge in [0.15, 0.2) is 0 Å². The summed E-state index contributed by atoms with van der Waals surface area (Å²) >= 11 is 15.2. The average Bonchev–Trinajstić information content (AvgIpc) is 3.13. The van der Waals surface area contributed by atoms with E-state index in [1.165, 1.54) is 23.3 Å². The highest BCUT2D eigenvalue weighted by atomic mass is 79.9. The Hall–Kier alpha value is 0.170. The molecule has 0 N–H and O–H groups in total. The van der Waals surface area contributed by atoms with Gasteiger partial charge < -0.3 is 0 Å². The van der Waals surface area contributed by atoms with Crippen LogP contribution in [0, 0.1) is 0 Å². The summed E-state index contributed by atoms with van der Waals surface area (Å²) in [5.41, 5.74) is 1.68. The summed E-state index contributed by atoms with van der Waals surface area (Å²) in [4.78, 5) is 1.65. The van der Waals surface area contributed by atoms with Gasteiger partial charge in [0.1, 0.15) is 0 Å². The van der Waals surface area contributed by atoms with Gasteiger partial charge in [0, 0.05) is 10.3 Å². The molecule has 0 aliphatic heterocycles. The number of halogens is 3. The van der Waals surface area contributed by atoms with Crippen LogP contribution in [0.2, 0.25) is 5.02 Å². The van der Waals surface area contributed by atoms with Crippen molar-refractivity contribution in [1.82, 2.24) is 0 Å². The van der Waals surface area contributed by atoms with Crippen molar-refractivity contribution in [2.24, 2.45) is 0 Å². The molecule has 1 aromatic heterocycles. The minimum atomic E-state index is 0.259. The van der Waals surface area contributed by atoms with Gasteiger partial charge in [0.2, 0.25) is 0 Å². The molecule has 3 rings (SSSR count). The highest BCUT2D eigenvalue weighted by Gasteiger charge is 2.50. The molecule has 0 saturated heterocycles. The fourth-order valence-corrected chi connectivity index (χ4v) is 5.33. The lowest BCUT2D eigenvalue weighted by Crippen LogP contribution is -2.12. The second kappa shape index (κ2) is 4.93. The fraction of sp³-hybridized carbons (Fsp3) is 0.286. The summed E-state index contributed by atoms with van der Waals surface area (Å²) in [5.74, 6) is 0. The van der Waals surface area contributed by atoms with Crippen molar-refractivity contribution in [1.29, 1.82) is 0 Å². The number of rotatable bonds is 3. The average molecular weight is 407 g/mol. The molecule has 1 heterocycles. The maximum Gasteiger partial charge on any atom is 0.0887 e. The molecule has 94 valence electrons. The number of benzene rings is 1. The lowest BCUT2D eigenvalue weighted by atomic mass is 9.92. The Morgan fingerprint density at radius 1 is 1.22 bits per heavy atom. The van der Waals surface area contributed by atoms with Crippen LogP contribution in [0.3, 0.4) is 0 Å². The van der Waals surface area contributed by atoms with E-state index < -0.39 is 0 Å². The van der Waals surface area contributed by atoms with Gasteiger partial charge in [-0.25, -0.2) is 0 Å². The van der Waals surface area contributed by atoms with E-state index in [-0.39, 0.29) is 5.41 Å². The Bertz CT molecular complexity index is 541. The van der Waals surface area contributed by atoms with E-state index >= 15 is 0 Å². The van der Waals surface area contributed by atoms with Gasteiger partial charge in [0.25, 0.3) is 0 Å². The molecule has 1 unspecified atom stereocenters. The number of hydrogen-bond acceptors (Lipinski definition) is 1. The first-order valence-electron chi connectivity index (χ1n) is 5.78. The Balaban J connectivity index is 1.95. The van der Waals surface area contributed by atoms with Crippen LogP contribution in [0.25, 0.3) is 0 Å². The summed E-state index contributed by atoms with van der Waals surface area (Å²) in [6.45, 7) is 0. The highest BCUT2D eigenvalue weighted by Crippen LogP contribution is 2.61. The van der Waals surface area contributed by atoms with Gasteiger partial charge in [-0.15, -0.1) is 11.3 Å². The molecule has 1 aromatic carbocycles. The van der Waals surface area contributed by atoms with Crippen molar-refractivity contribution in [3.05, 3.63) is 55.6 Å². The molecule has 0 amide bonds. The molecule has 1 aliphatic rings. The van der Waals surface area contributed by atoms with E-state index in [1.54, 1.807) is 11.3 Å². The van der Waals surface area contributed by atoms with Crippen LogP contribution in [0.1, 0.15) is 28.1 Å². The summed E-state index contributed by atoms with van der Waals surface area (Å²) in [6, 6.07) is 12.8. The third kappa shape index (κ3) is 2.20. The Labute approximate surface area is 133 Å².